The molecule has 0 spiro atoms. The van der Waals surface area contributed by atoms with Gasteiger partial charge in [-0.25, -0.2) is 4.79 Å². The molecule has 0 aromatic carbocycles. The lowest BCUT2D eigenvalue weighted by molar-refractivity contribution is -0.265. The van der Waals surface area contributed by atoms with Crippen molar-refractivity contribution in [1.82, 2.24) is 25.1 Å². The maximum Gasteiger partial charge on any atom is 0.329 e. The van der Waals surface area contributed by atoms with Gasteiger partial charge in [0.1, 0.15) is 36.2 Å². The van der Waals surface area contributed by atoms with Crippen LogP contribution in [0.15, 0.2) is 53.9 Å². The number of piperidine rings is 1. The Balaban J connectivity index is 1.30. The minimum absolute atomic E-state index is 0.0130. The van der Waals surface area contributed by atoms with Gasteiger partial charge in [-0.2, -0.15) is 4.80 Å². The fraction of sp³-hybridized carbons (Fsp3) is 0.725. The maximum atomic E-state index is 14.5. The van der Waals surface area contributed by atoms with Crippen molar-refractivity contribution in [3.63, 3.8) is 0 Å². The Morgan fingerprint density at radius 2 is 1.68 bits per heavy atom. The third-order valence-electron chi connectivity index (χ3n) is 15.1. The van der Waals surface area contributed by atoms with Gasteiger partial charge in [0, 0.05) is 52.6 Å². The zero-order valence-corrected chi connectivity index (χ0v) is 41.5. The van der Waals surface area contributed by atoms with Gasteiger partial charge in [-0.1, -0.05) is 64.2 Å². The summed E-state index contributed by atoms with van der Waals surface area (Å²) in [5.74, 6) is -7.10. The SMILES string of the molecule is COC1C[C@@H]2CCC(C)C(O)(O2)C(=O)C(=O)N2CCCCC2C(=O)O[C@H](C(C)CC2CCC(n3ncnn3)C(OC)C2)CC(=O)C(C)/C=C(\C)[C@H]2OC(CC(C)/C=C/C=C/C=C/1C)C(=O)C2OC. The summed E-state index contributed by atoms with van der Waals surface area (Å²) in [5.41, 5.74) is 1.57. The van der Waals surface area contributed by atoms with Crippen LogP contribution in [0.25, 0.3) is 0 Å². The normalized spacial score (nSPS) is 39.6. The van der Waals surface area contributed by atoms with Gasteiger partial charge in [0.05, 0.1) is 24.4 Å². The molecule has 1 N–H and O–H groups in total. The van der Waals surface area contributed by atoms with E-state index in [4.69, 9.17) is 28.4 Å². The first-order valence-corrected chi connectivity index (χ1v) is 24.7. The van der Waals surface area contributed by atoms with E-state index < -0.39 is 77.9 Å². The number of methoxy groups -OCH3 is 3. The molecule has 4 aliphatic heterocycles. The zero-order chi connectivity index (χ0) is 49.3. The predicted octanol–water partition coefficient (Wildman–Crippen LogP) is 5.82. The Morgan fingerprint density at radius 1 is 0.897 bits per heavy atom. The third-order valence-corrected chi connectivity index (χ3v) is 15.1. The van der Waals surface area contributed by atoms with E-state index in [1.54, 1.807) is 38.9 Å². The van der Waals surface area contributed by atoms with Crippen molar-refractivity contribution >= 4 is 29.2 Å². The predicted molar refractivity (Wildman–Crippen MR) is 249 cm³/mol. The Kier molecular flexibility index (Phi) is 18.8. The van der Waals surface area contributed by atoms with Gasteiger partial charge in [0.25, 0.3) is 11.7 Å². The highest BCUT2D eigenvalue weighted by Crippen LogP contribution is 2.39. The molecule has 17 nitrogen and oxygen atoms in total. The topological polar surface area (TPSA) is 208 Å². The molecule has 1 saturated carbocycles. The van der Waals surface area contributed by atoms with E-state index in [1.807, 2.05) is 58.1 Å². The Hall–Kier alpha value is -4.26. The molecule has 5 aliphatic rings. The first-order chi connectivity index (χ1) is 32.5. The van der Waals surface area contributed by atoms with Gasteiger partial charge in [0.15, 0.2) is 12.1 Å². The largest absolute Gasteiger partial charge is 0.460 e. The van der Waals surface area contributed by atoms with E-state index in [0.29, 0.717) is 56.9 Å². The number of allylic oxidation sites excluding steroid dienone is 6. The van der Waals surface area contributed by atoms with E-state index in [-0.39, 0.29) is 60.9 Å². The van der Waals surface area contributed by atoms with Crippen LogP contribution >= 0.6 is 0 Å². The number of cyclic esters (lactones) is 1. The van der Waals surface area contributed by atoms with Gasteiger partial charge in [-0.15, -0.1) is 10.2 Å². The number of ether oxygens (including phenoxy) is 6. The minimum Gasteiger partial charge on any atom is -0.460 e. The molecule has 0 radical (unpaired) electrons. The molecule has 12 unspecified atom stereocenters. The van der Waals surface area contributed by atoms with Gasteiger partial charge < -0.3 is 38.4 Å². The fourth-order valence-corrected chi connectivity index (χ4v) is 10.9. The van der Waals surface area contributed by atoms with Gasteiger partial charge >= 0.3 is 5.97 Å². The Labute approximate surface area is 401 Å². The highest BCUT2D eigenvalue weighted by atomic mass is 16.6. The average Bonchev–Trinajstić information content (AvgIpc) is 3.98. The molecule has 376 valence electrons. The number of aliphatic hydroxyl groups is 1. The molecule has 1 aromatic heterocycles. The van der Waals surface area contributed by atoms with E-state index >= 15 is 0 Å². The molecule has 4 fully saturated rings. The van der Waals surface area contributed by atoms with Crippen LogP contribution in [0.3, 0.4) is 0 Å². The number of hydrogen-bond donors (Lipinski definition) is 1. The number of esters is 1. The van der Waals surface area contributed by atoms with Crippen molar-refractivity contribution in [2.24, 2.45) is 29.6 Å². The number of hydrogen-bond acceptors (Lipinski definition) is 15. The molecule has 15 atom stereocenters. The summed E-state index contributed by atoms with van der Waals surface area (Å²) in [5, 5.41) is 24.2. The molecular weight excluding hydrogens is 875 g/mol. The number of carbonyl (C=O) groups excluding carboxylic acids is 5. The molecular formula is C51H75N5O12. The van der Waals surface area contributed by atoms with Crippen molar-refractivity contribution in [3.8, 4) is 0 Å². The second kappa shape index (κ2) is 24.0. The molecule has 17 heteroatoms. The fourth-order valence-electron chi connectivity index (χ4n) is 10.9. The van der Waals surface area contributed by atoms with Crippen molar-refractivity contribution < 1.29 is 57.5 Å². The van der Waals surface area contributed by atoms with E-state index in [9.17, 15) is 29.1 Å². The molecule has 1 amide bonds. The standard InChI is InChI=1S/C51H75N5O12/c1-30-15-11-10-12-16-31(2)41(63-7)27-37-20-18-35(6)51(62,68-37)48(59)49(60)55-22-14-13-17-39(55)50(61)67-42(33(4)25-36-19-21-38(43(26-36)64-8)56-53-29-52-54-56)28-40(57)32(3)24-34(5)46-47(65-9)45(58)44(23-30)66-46/h10-12,15-16,24,29-30,32-33,35-39,41-44,46-47,62H,13-14,17-23,25-28H2,1-9H3/b12-10+,15-11+,31-16+,34-24+/t30?,32?,33?,35?,36?,37-,38?,39?,41?,42-,43?,44?,46+,47?,51?/m0/s1. The van der Waals surface area contributed by atoms with Crippen molar-refractivity contribution in [3.05, 3.63) is 53.9 Å². The van der Waals surface area contributed by atoms with E-state index in [0.717, 1.165) is 18.4 Å². The van der Waals surface area contributed by atoms with Crippen LogP contribution in [0.4, 0.5) is 0 Å². The quantitative estimate of drug-likeness (QED) is 0.194. The van der Waals surface area contributed by atoms with E-state index in [1.165, 1.54) is 18.3 Å². The summed E-state index contributed by atoms with van der Waals surface area (Å²) in [6, 6.07) is -1.21. The summed E-state index contributed by atoms with van der Waals surface area (Å²) in [6.07, 6.45) is 14.3. The number of rotatable bonds is 7. The number of fused-ring (bicyclic) bond motifs is 5. The summed E-state index contributed by atoms with van der Waals surface area (Å²) < 4.78 is 36.4. The monoisotopic (exact) mass is 950 g/mol. The van der Waals surface area contributed by atoms with Crippen LogP contribution in [-0.4, -0.2) is 142 Å². The molecule has 1 aromatic rings. The Morgan fingerprint density at radius 3 is 2.38 bits per heavy atom. The summed E-state index contributed by atoms with van der Waals surface area (Å²) in [4.78, 5) is 73.8. The lowest BCUT2D eigenvalue weighted by atomic mass is 9.77. The second-order valence-electron chi connectivity index (χ2n) is 20.0. The number of carbonyl (C=O) groups is 5. The van der Waals surface area contributed by atoms with Crippen LogP contribution < -0.4 is 0 Å². The van der Waals surface area contributed by atoms with Gasteiger partial charge in [-0.05, 0) is 112 Å². The molecule has 4 bridgehead atoms. The Bertz CT molecular complexity index is 2040. The van der Waals surface area contributed by atoms with Crippen LogP contribution in [0.2, 0.25) is 0 Å². The highest BCUT2D eigenvalue weighted by Gasteiger charge is 2.53. The van der Waals surface area contributed by atoms with Gasteiger partial charge in [0.2, 0.25) is 5.79 Å². The van der Waals surface area contributed by atoms with Crippen LogP contribution in [0, 0.1) is 29.6 Å². The number of aromatic nitrogens is 4. The number of nitrogens with zero attached hydrogens (tertiary/aromatic N) is 5. The molecule has 5 heterocycles. The zero-order valence-electron chi connectivity index (χ0n) is 41.5. The van der Waals surface area contributed by atoms with Crippen LogP contribution in [-0.2, 0) is 52.4 Å². The number of amides is 1. The number of ketones is 3. The van der Waals surface area contributed by atoms with Crippen LogP contribution in [0.5, 0.6) is 0 Å². The minimum atomic E-state index is -2.42. The number of Topliss-reactive ketones (excluding diaryl/α,β-unsaturated/α-hetero) is 3. The third kappa shape index (κ3) is 12.5. The highest BCUT2D eigenvalue weighted by molar-refractivity contribution is 6.39. The lowest BCUT2D eigenvalue weighted by Gasteiger charge is -2.42. The van der Waals surface area contributed by atoms with Crippen molar-refractivity contribution in [2.75, 3.05) is 27.9 Å². The van der Waals surface area contributed by atoms with Crippen molar-refractivity contribution in [1.29, 1.82) is 0 Å². The molecule has 68 heavy (non-hydrogen) atoms. The lowest BCUT2D eigenvalue weighted by Crippen LogP contribution is -2.61. The summed E-state index contributed by atoms with van der Waals surface area (Å²) >= 11 is 0. The first-order valence-electron chi connectivity index (χ1n) is 24.7. The molecule has 1 aliphatic carbocycles. The average molecular weight is 950 g/mol. The smallest absolute Gasteiger partial charge is 0.329 e. The van der Waals surface area contributed by atoms with Crippen molar-refractivity contribution in [2.45, 2.75) is 179 Å². The second-order valence-corrected chi connectivity index (χ2v) is 20.0. The summed E-state index contributed by atoms with van der Waals surface area (Å²) in [7, 11) is 4.73. The van der Waals surface area contributed by atoms with E-state index in [2.05, 4.69) is 15.4 Å². The molecule has 3 saturated heterocycles. The van der Waals surface area contributed by atoms with Crippen LogP contribution in [0.1, 0.15) is 125 Å². The van der Waals surface area contributed by atoms with Gasteiger partial charge in [-0.3, -0.25) is 19.2 Å². The number of tetrazole rings is 1. The molecule has 6 rings (SSSR count). The maximum absolute atomic E-state index is 14.5. The first kappa shape index (κ1) is 53.1. The summed E-state index contributed by atoms with van der Waals surface area (Å²) in [6.45, 7) is 11.3.